The summed E-state index contributed by atoms with van der Waals surface area (Å²) in [4.78, 5) is 2.37. The second-order valence-electron chi connectivity index (χ2n) is 5.21. The molecule has 2 heterocycles. The molecule has 3 rings (SSSR count). The summed E-state index contributed by atoms with van der Waals surface area (Å²) in [6.07, 6.45) is 0. The minimum absolute atomic E-state index is 0.243. The summed E-state index contributed by atoms with van der Waals surface area (Å²) in [5, 5.41) is 7.43. The Balaban J connectivity index is 1.71. The van der Waals surface area contributed by atoms with Gasteiger partial charge in [-0.3, -0.25) is 4.90 Å². The van der Waals surface area contributed by atoms with Crippen molar-refractivity contribution in [2.24, 2.45) is 0 Å². The van der Waals surface area contributed by atoms with E-state index in [-0.39, 0.29) is 5.82 Å². The fraction of sp³-hybridized carbons (Fsp3) is 0.400. The Kier molecular flexibility index (Phi) is 3.80. The lowest BCUT2D eigenvalue weighted by Crippen LogP contribution is -2.49. The molecule has 5 heteroatoms. The Bertz CT molecular complexity index is 567. The fourth-order valence-corrected chi connectivity index (χ4v) is 2.46. The molecule has 0 bridgehead atoms. The normalized spacial score (nSPS) is 20.2. The molecule has 0 spiro atoms. The molecule has 1 aliphatic rings. The molecule has 0 unspecified atom stereocenters. The van der Waals surface area contributed by atoms with Crippen molar-refractivity contribution < 1.29 is 8.91 Å². The third kappa shape index (κ3) is 2.89. The highest BCUT2D eigenvalue weighted by Crippen LogP contribution is 2.20. The van der Waals surface area contributed by atoms with Crippen LogP contribution in [0.1, 0.15) is 12.7 Å². The van der Waals surface area contributed by atoms with Gasteiger partial charge in [-0.25, -0.2) is 4.39 Å². The van der Waals surface area contributed by atoms with Gasteiger partial charge in [0.1, 0.15) is 11.5 Å². The van der Waals surface area contributed by atoms with Crippen molar-refractivity contribution in [3.8, 4) is 11.3 Å². The van der Waals surface area contributed by atoms with Crippen LogP contribution in [0.15, 0.2) is 34.9 Å². The number of rotatable bonds is 3. The number of nitrogens with one attached hydrogen (secondary N) is 1. The second-order valence-corrected chi connectivity index (χ2v) is 5.21. The zero-order valence-electron chi connectivity index (χ0n) is 11.5. The molecular weight excluding hydrogens is 257 g/mol. The topological polar surface area (TPSA) is 41.3 Å². The number of hydrogen-bond acceptors (Lipinski definition) is 4. The maximum Gasteiger partial charge on any atom is 0.151 e. The van der Waals surface area contributed by atoms with Crippen LogP contribution in [0.2, 0.25) is 0 Å². The van der Waals surface area contributed by atoms with Gasteiger partial charge in [0.2, 0.25) is 0 Å². The van der Waals surface area contributed by atoms with E-state index in [0.717, 1.165) is 43.2 Å². The number of piperazine rings is 1. The first-order valence-electron chi connectivity index (χ1n) is 6.88. The first-order valence-corrected chi connectivity index (χ1v) is 6.88. The molecule has 1 N–H and O–H groups in total. The molecule has 1 saturated heterocycles. The first-order chi connectivity index (χ1) is 9.72. The highest BCUT2D eigenvalue weighted by atomic mass is 19.1. The fourth-order valence-electron chi connectivity index (χ4n) is 2.46. The van der Waals surface area contributed by atoms with Gasteiger partial charge in [-0.05, 0) is 31.2 Å². The standard InChI is InChI=1S/C15H18FN3O/c1-11-9-17-6-7-19(11)10-14-8-15(18-20-14)12-2-4-13(16)5-3-12/h2-5,8,11,17H,6-7,9-10H2,1H3/t11-/m0/s1. The number of halogens is 1. The van der Waals surface area contributed by atoms with E-state index in [1.54, 1.807) is 12.1 Å². The average Bonchev–Trinajstić information content (AvgIpc) is 2.91. The van der Waals surface area contributed by atoms with Gasteiger partial charge in [0.25, 0.3) is 0 Å². The molecule has 0 radical (unpaired) electrons. The molecule has 1 aromatic carbocycles. The Morgan fingerprint density at radius 1 is 1.40 bits per heavy atom. The van der Waals surface area contributed by atoms with Crippen molar-refractivity contribution >= 4 is 0 Å². The molecular formula is C15H18FN3O. The number of hydrogen-bond donors (Lipinski definition) is 1. The van der Waals surface area contributed by atoms with Crippen LogP contribution in [-0.4, -0.2) is 35.7 Å². The van der Waals surface area contributed by atoms with E-state index < -0.39 is 0 Å². The van der Waals surface area contributed by atoms with E-state index in [4.69, 9.17) is 4.52 Å². The zero-order chi connectivity index (χ0) is 13.9. The lowest BCUT2D eigenvalue weighted by molar-refractivity contribution is 0.149. The highest BCUT2D eigenvalue weighted by molar-refractivity contribution is 5.58. The summed E-state index contributed by atoms with van der Waals surface area (Å²) in [7, 11) is 0. The van der Waals surface area contributed by atoms with Crippen LogP contribution in [0, 0.1) is 5.82 Å². The molecule has 0 aliphatic carbocycles. The Hall–Kier alpha value is -1.72. The van der Waals surface area contributed by atoms with Gasteiger partial charge in [0, 0.05) is 37.3 Å². The largest absolute Gasteiger partial charge is 0.359 e. The number of nitrogens with zero attached hydrogens (tertiary/aromatic N) is 2. The van der Waals surface area contributed by atoms with Crippen LogP contribution in [0.4, 0.5) is 4.39 Å². The van der Waals surface area contributed by atoms with Crippen LogP contribution < -0.4 is 5.32 Å². The van der Waals surface area contributed by atoms with E-state index in [2.05, 4.69) is 22.3 Å². The van der Waals surface area contributed by atoms with Crippen molar-refractivity contribution in [1.29, 1.82) is 0 Å². The molecule has 1 aliphatic heterocycles. The van der Waals surface area contributed by atoms with Crippen molar-refractivity contribution in [2.75, 3.05) is 19.6 Å². The van der Waals surface area contributed by atoms with Gasteiger partial charge in [-0.1, -0.05) is 5.16 Å². The zero-order valence-corrected chi connectivity index (χ0v) is 11.5. The van der Waals surface area contributed by atoms with Gasteiger partial charge in [0.05, 0.1) is 6.54 Å². The molecule has 1 fully saturated rings. The quantitative estimate of drug-likeness (QED) is 0.933. The average molecular weight is 275 g/mol. The maximum absolute atomic E-state index is 12.9. The van der Waals surface area contributed by atoms with E-state index in [9.17, 15) is 4.39 Å². The lowest BCUT2D eigenvalue weighted by Gasteiger charge is -2.32. The first kappa shape index (κ1) is 13.3. The Labute approximate surface area is 117 Å². The molecule has 1 atom stereocenters. The minimum atomic E-state index is -0.243. The lowest BCUT2D eigenvalue weighted by atomic mass is 10.1. The molecule has 4 nitrogen and oxygen atoms in total. The molecule has 106 valence electrons. The number of benzene rings is 1. The van der Waals surface area contributed by atoms with Crippen molar-refractivity contribution in [3.63, 3.8) is 0 Å². The monoisotopic (exact) mass is 275 g/mol. The predicted molar refractivity (Wildman–Crippen MR) is 74.6 cm³/mol. The third-order valence-electron chi connectivity index (χ3n) is 3.70. The van der Waals surface area contributed by atoms with Crippen LogP contribution in [0.3, 0.4) is 0 Å². The third-order valence-corrected chi connectivity index (χ3v) is 3.70. The highest BCUT2D eigenvalue weighted by Gasteiger charge is 2.19. The van der Waals surface area contributed by atoms with Crippen molar-refractivity contribution in [2.45, 2.75) is 19.5 Å². The van der Waals surface area contributed by atoms with Crippen LogP contribution in [-0.2, 0) is 6.54 Å². The van der Waals surface area contributed by atoms with Gasteiger partial charge in [-0.15, -0.1) is 0 Å². The van der Waals surface area contributed by atoms with Gasteiger partial charge in [-0.2, -0.15) is 0 Å². The summed E-state index contributed by atoms with van der Waals surface area (Å²) in [6.45, 7) is 5.97. The number of aromatic nitrogens is 1. The minimum Gasteiger partial charge on any atom is -0.359 e. The van der Waals surface area contributed by atoms with E-state index in [0.29, 0.717) is 6.04 Å². The van der Waals surface area contributed by atoms with E-state index in [1.165, 1.54) is 12.1 Å². The Morgan fingerprint density at radius 2 is 2.20 bits per heavy atom. The van der Waals surface area contributed by atoms with E-state index in [1.807, 2.05) is 6.07 Å². The SMILES string of the molecule is C[C@H]1CNCCN1Cc1cc(-c2ccc(F)cc2)no1. The second kappa shape index (κ2) is 5.73. The van der Waals surface area contributed by atoms with Gasteiger partial charge < -0.3 is 9.84 Å². The summed E-state index contributed by atoms with van der Waals surface area (Å²) in [5.41, 5.74) is 1.62. The van der Waals surface area contributed by atoms with Crippen LogP contribution >= 0.6 is 0 Å². The smallest absolute Gasteiger partial charge is 0.151 e. The summed E-state index contributed by atoms with van der Waals surface area (Å²) in [5.74, 6) is 0.602. The summed E-state index contributed by atoms with van der Waals surface area (Å²) in [6, 6.07) is 8.71. The maximum atomic E-state index is 12.9. The van der Waals surface area contributed by atoms with Crippen LogP contribution in [0.5, 0.6) is 0 Å². The van der Waals surface area contributed by atoms with Crippen molar-refractivity contribution in [1.82, 2.24) is 15.4 Å². The summed E-state index contributed by atoms with van der Waals surface area (Å²) < 4.78 is 18.3. The molecule has 0 saturated carbocycles. The summed E-state index contributed by atoms with van der Waals surface area (Å²) >= 11 is 0. The van der Waals surface area contributed by atoms with Crippen molar-refractivity contribution in [3.05, 3.63) is 41.9 Å². The van der Waals surface area contributed by atoms with E-state index >= 15 is 0 Å². The molecule has 0 amide bonds. The molecule has 2 aromatic rings. The Morgan fingerprint density at radius 3 is 2.95 bits per heavy atom. The van der Waals surface area contributed by atoms with Gasteiger partial charge in [0.15, 0.2) is 5.76 Å². The van der Waals surface area contributed by atoms with Crippen LogP contribution in [0.25, 0.3) is 11.3 Å². The molecule has 20 heavy (non-hydrogen) atoms. The molecule has 1 aromatic heterocycles. The van der Waals surface area contributed by atoms with Gasteiger partial charge >= 0.3 is 0 Å². The predicted octanol–water partition coefficient (Wildman–Crippen LogP) is 2.27.